The second kappa shape index (κ2) is 8.19. The molecule has 2 heterocycles. The van der Waals surface area contributed by atoms with Crippen LogP contribution < -0.4 is 11.1 Å². The van der Waals surface area contributed by atoms with E-state index in [-0.39, 0.29) is 29.4 Å². The Kier molecular flexibility index (Phi) is 5.69. The zero-order chi connectivity index (χ0) is 23.1. The maximum absolute atomic E-state index is 12.9. The molecule has 0 saturated carbocycles. The largest absolute Gasteiger partial charge is 0.416 e. The predicted octanol–water partition coefficient (Wildman–Crippen LogP) is 3.74. The number of nitrogens with one attached hydrogen (secondary N) is 1. The molecule has 3 aromatic rings. The first-order valence-electron chi connectivity index (χ1n) is 9.37. The first-order chi connectivity index (χ1) is 15.1. The highest BCUT2D eigenvalue weighted by Gasteiger charge is 2.33. The van der Waals surface area contributed by atoms with Gasteiger partial charge in [-0.25, -0.2) is 13.4 Å². The van der Waals surface area contributed by atoms with Crippen molar-refractivity contribution in [1.82, 2.24) is 9.29 Å². The summed E-state index contributed by atoms with van der Waals surface area (Å²) >= 11 is 1.07. The van der Waals surface area contributed by atoms with Crippen LogP contribution in [0.15, 0.2) is 53.4 Å². The highest BCUT2D eigenvalue weighted by molar-refractivity contribution is 7.89. The van der Waals surface area contributed by atoms with Gasteiger partial charge in [-0.15, -0.1) is 11.3 Å². The number of benzene rings is 2. The number of fused-ring (bicyclic) bond motifs is 1. The van der Waals surface area contributed by atoms with Crippen molar-refractivity contribution in [3.8, 4) is 0 Å². The summed E-state index contributed by atoms with van der Waals surface area (Å²) in [5, 5.41) is 2.85. The summed E-state index contributed by atoms with van der Waals surface area (Å²) in [6, 6.07) is 10.1. The summed E-state index contributed by atoms with van der Waals surface area (Å²) in [4.78, 5) is 17.3. The lowest BCUT2D eigenvalue weighted by molar-refractivity contribution is -0.137. The highest BCUT2D eigenvalue weighted by Crippen LogP contribution is 2.32. The molecule has 0 radical (unpaired) electrons. The maximum Gasteiger partial charge on any atom is 0.416 e. The number of nitrogens with two attached hydrogens (primary N) is 1. The van der Waals surface area contributed by atoms with E-state index in [0.717, 1.165) is 35.6 Å². The van der Waals surface area contributed by atoms with Crippen LogP contribution in [-0.4, -0.2) is 30.2 Å². The maximum atomic E-state index is 12.9. The van der Waals surface area contributed by atoms with Crippen molar-refractivity contribution in [3.05, 3.63) is 69.7 Å². The monoisotopic (exact) mass is 482 g/mol. The zero-order valence-electron chi connectivity index (χ0n) is 16.4. The SMILES string of the molecule is Nc1ccccc1NC(=O)c1nc2c(s1)CN(S(=O)(=O)c1ccc(C(F)(F)F)cc1)CC2. The number of hydrogen-bond donors (Lipinski definition) is 2. The van der Waals surface area contributed by atoms with Crippen molar-refractivity contribution in [2.24, 2.45) is 0 Å². The summed E-state index contributed by atoms with van der Waals surface area (Å²) in [5.41, 5.74) is 6.38. The van der Waals surface area contributed by atoms with Crippen LogP contribution in [0.4, 0.5) is 24.5 Å². The van der Waals surface area contributed by atoms with Crippen LogP contribution in [-0.2, 0) is 29.2 Å². The Morgan fingerprint density at radius 3 is 2.47 bits per heavy atom. The average molecular weight is 483 g/mol. The molecule has 2 aromatic carbocycles. The Bertz CT molecular complexity index is 1270. The third-order valence-electron chi connectivity index (χ3n) is 4.92. The number of hydrogen-bond acceptors (Lipinski definition) is 6. The average Bonchev–Trinajstić information content (AvgIpc) is 3.18. The first kappa shape index (κ1) is 22.2. The van der Waals surface area contributed by atoms with E-state index in [0.29, 0.717) is 21.9 Å². The number of sulfonamides is 1. The molecule has 32 heavy (non-hydrogen) atoms. The van der Waals surface area contributed by atoms with Gasteiger partial charge in [-0.1, -0.05) is 12.1 Å². The fraction of sp³-hybridized carbons (Fsp3) is 0.200. The van der Waals surface area contributed by atoms with Crippen molar-refractivity contribution in [2.75, 3.05) is 17.6 Å². The van der Waals surface area contributed by atoms with Crippen LogP contribution in [0.2, 0.25) is 0 Å². The summed E-state index contributed by atoms with van der Waals surface area (Å²) in [7, 11) is -4.00. The third kappa shape index (κ3) is 4.33. The summed E-state index contributed by atoms with van der Waals surface area (Å²) < 4.78 is 65.3. The molecule has 12 heteroatoms. The van der Waals surface area contributed by atoms with Gasteiger partial charge >= 0.3 is 6.18 Å². The molecular weight excluding hydrogens is 465 g/mol. The molecule has 0 unspecified atom stereocenters. The molecule has 0 fully saturated rings. The predicted molar refractivity (Wildman–Crippen MR) is 114 cm³/mol. The fourth-order valence-electron chi connectivity index (χ4n) is 3.23. The Balaban J connectivity index is 1.52. The van der Waals surface area contributed by atoms with Crippen molar-refractivity contribution in [1.29, 1.82) is 0 Å². The number of para-hydroxylation sites is 2. The molecule has 0 atom stereocenters. The summed E-state index contributed by atoms with van der Waals surface area (Å²) in [6.07, 6.45) is -4.27. The molecule has 1 aromatic heterocycles. The van der Waals surface area contributed by atoms with E-state index in [1.54, 1.807) is 24.3 Å². The van der Waals surface area contributed by atoms with Gasteiger partial charge < -0.3 is 11.1 Å². The van der Waals surface area contributed by atoms with E-state index >= 15 is 0 Å². The Morgan fingerprint density at radius 2 is 1.81 bits per heavy atom. The number of amides is 1. The van der Waals surface area contributed by atoms with Crippen molar-refractivity contribution in [3.63, 3.8) is 0 Å². The van der Waals surface area contributed by atoms with Gasteiger partial charge in [0.25, 0.3) is 5.91 Å². The number of nitrogen functional groups attached to an aromatic ring is 1. The third-order valence-corrected chi connectivity index (χ3v) is 7.86. The highest BCUT2D eigenvalue weighted by atomic mass is 32.2. The van der Waals surface area contributed by atoms with Crippen LogP contribution in [0, 0.1) is 0 Å². The van der Waals surface area contributed by atoms with E-state index in [4.69, 9.17) is 5.73 Å². The van der Waals surface area contributed by atoms with Crippen LogP contribution in [0.3, 0.4) is 0 Å². The number of carbonyl (C=O) groups excluding carboxylic acids is 1. The second-order valence-electron chi connectivity index (χ2n) is 7.04. The number of nitrogens with zero attached hydrogens (tertiary/aromatic N) is 2. The first-order valence-corrected chi connectivity index (χ1v) is 11.6. The Morgan fingerprint density at radius 1 is 1.12 bits per heavy atom. The van der Waals surface area contributed by atoms with Gasteiger partial charge in [0.05, 0.1) is 34.1 Å². The van der Waals surface area contributed by atoms with Crippen molar-refractivity contribution >= 4 is 38.6 Å². The number of thiazole rings is 1. The minimum atomic E-state index is -4.55. The molecule has 1 amide bonds. The molecule has 0 aliphatic carbocycles. The summed E-state index contributed by atoms with van der Waals surface area (Å²) in [5.74, 6) is -0.459. The summed E-state index contributed by atoms with van der Waals surface area (Å²) in [6.45, 7) is 0.0872. The van der Waals surface area contributed by atoms with E-state index < -0.39 is 27.7 Å². The molecule has 4 rings (SSSR count). The minimum Gasteiger partial charge on any atom is -0.397 e. The molecule has 168 valence electrons. The smallest absolute Gasteiger partial charge is 0.397 e. The lowest BCUT2D eigenvalue weighted by Gasteiger charge is -2.25. The van der Waals surface area contributed by atoms with Crippen LogP contribution in [0.25, 0.3) is 0 Å². The Hall–Kier alpha value is -2.96. The van der Waals surface area contributed by atoms with Gasteiger partial charge in [-0.05, 0) is 36.4 Å². The van der Waals surface area contributed by atoms with Gasteiger partial charge in [-0.2, -0.15) is 17.5 Å². The van der Waals surface area contributed by atoms with Crippen molar-refractivity contribution < 1.29 is 26.4 Å². The van der Waals surface area contributed by atoms with Crippen LogP contribution >= 0.6 is 11.3 Å². The molecule has 0 bridgehead atoms. The van der Waals surface area contributed by atoms with Gasteiger partial charge in [0, 0.05) is 17.8 Å². The number of anilines is 2. The molecule has 1 aliphatic heterocycles. The standard InChI is InChI=1S/C20H17F3N4O3S2/c21-20(22,23)12-5-7-13(8-6-12)32(29,30)27-10-9-16-17(11-27)31-19(26-16)18(28)25-15-4-2-1-3-14(15)24/h1-8H,9-11,24H2,(H,25,28). The van der Waals surface area contributed by atoms with E-state index in [2.05, 4.69) is 10.3 Å². The number of aromatic nitrogens is 1. The lowest BCUT2D eigenvalue weighted by atomic mass is 10.2. The van der Waals surface area contributed by atoms with E-state index in [1.807, 2.05) is 0 Å². The van der Waals surface area contributed by atoms with E-state index in [1.165, 1.54) is 4.31 Å². The number of alkyl halides is 3. The second-order valence-corrected chi connectivity index (χ2v) is 10.1. The van der Waals surface area contributed by atoms with Gasteiger partial charge in [0.2, 0.25) is 10.0 Å². The van der Waals surface area contributed by atoms with Gasteiger partial charge in [0.1, 0.15) is 0 Å². The van der Waals surface area contributed by atoms with Crippen LogP contribution in [0.1, 0.15) is 25.9 Å². The quantitative estimate of drug-likeness (QED) is 0.551. The molecule has 0 saturated heterocycles. The number of carbonyl (C=O) groups is 1. The lowest BCUT2D eigenvalue weighted by Crippen LogP contribution is -2.35. The molecule has 3 N–H and O–H groups in total. The fourth-order valence-corrected chi connectivity index (χ4v) is 5.74. The van der Waals surface area contributed by atoms with E-state index in [9.17, 15) is 26.4 Å². The van der Waals surface area contributed by atoms with Gasteiger partial charge in [0.15, 0.2) is 5.01 Å². The Labute approximate surface area is 185 Å². The minimum absolute atomic E-state index is 0.0168. The number of rotatable bonds is 4. The van der Waals surface area contributed by atoms with Crippen LogP contribution in [0.5, 0.6) is 0 Å². The molecule has 1 aliphatic rings. The topological polar surface area (TPSA) is 105 Å². The zero-order valence-corrected chi connectivity index (χ0v) is 18.0. The molecular formula is C20H17F3N4O3S2. The molecule has 0 spiro atoms. The molecule has 7 nitrogen and oxygen atoms in total. The normalized spacial score (nSPS) is 14.7. The van der Waals surface area contributed by atoms with Crippen molar-refractivity contribution in [2.45, 2.75) is 24.0 Å². The number of halogens is 3. The van der Waals surface area contributed by atoms with Gasteiger partial charge in [-0.3, -0.25) is 4.79 Å².